The van der Waals surface area contributed by atoms with Crippen LogP contribution in [-0.2, 0) is 20.6 Å². The van der Waals surface area contributed by atoms with Crippen molar-refractivity contribution in [3.8, 4) is 17.2 Å². The van der Waals surface area contributed by atoms with Crippen molar-refractivity contribution < 1.29 is 48.3 Å². The number of allylic oxidation sites excluding steroid dienone is 2. The lowest BCUT2D eigenvalue weighted by Gasteiger charge is -2.47. The molecule has 1 aliphatic heterocycles. The summed E-state index contributed by atoms with van der Waals surface area (Å²) in [5, 5.41) is 36.7. The number of nitrogens with one attached hydrogen (secondary N) is 1. The number of carbonyl (C=O) groups is 2. The van der Waals surface area contributed by atoms with E-state index in [0.717, 1.165) is 5.57 Å². The van der Waals surface area contributed by atoms with E-state index in [1.807, 2.05) is 19.9 Å². The van der Waals surface area contributed by atoms with Crippen molar-refractivity contribution in [2.75, 3.05) is 12.4 Å². The number of anilines is 1. The summed E-state index contributed by atoms with van der Waals surface area (Å²) in [6.07, 6.45) is -3.88. The molecule has 0 unspecified atom stereocenters. The normalized spacial score (nSPS) is 21.0. The van der Waals surface area contributed by atoms with Crippen LogP contribution in [-0.4, -0.2) is 59.5 Å². The summed E-state index contributed by atoms with van der Waals surface area (Å²) in [7, 11) is 1.36. The summed E-state index contributed by atoms with van der Waals surface area (Å²) in [5.41, 5.74) is 4.19. The number of phenols is 1. The number of rotatable bonds is 8. The summed E-state index contributed by atoms with van der Waals surface area (Å²) in [6, 6.07) is 6.96. The maximum Gasteiger partial charge on any atom is 0.404 e. The predicted octanol–water partition coefficient (Wildman–Crippen LogP) is 3.00. The molecule has 0 spiro atoms. The minimum Gasteiger partial charge on any atom is -0.870 e. The van der Waals surface area contributed by atoms with Crippen molar-refractivity contribution in [3.63, 3.8) is 0 Å². The number of primary amides is 1. The Bertz CT molecular complexity index is 1670. The Morgan fingerprint density at radius 1 is 1.20 bits per heavy atom. The molecule has 1 aromatic heterocycles. The molecule has 5 N–H and O–H groups in total. The Hall–Kier alpha value is -4.59. The van der Waals surface area contributed by atoms with Gasteiger partial charge in [0.15, 0.2) is 12.2 Å². The number of ether oxygens (including phenoxy) is 4. The van der Waals surface area contributed by atoms with Crippen molar-refractivity contribution in [2.24, 2.45) is 5.73 Å². The third-order valence-electron chi connectivity index (χ3n) is 7.31. The van der Waals surface area contributed by atoms with Gasteiger partial charge in [0.25, 0.3) is 5.91 Å². The predicted molar refractivity (Wildman–Crippen MR) is 157 cm³/mol. The molecular weight excluding hydrogens is 576 g/mol. The summed E-state index contributed by atoms with van der Waals surface area (Å²) < 4.78 is 27.8. The van der Waals surface area contributed by atoms with Gasteiger partial charge in [0.05, 0.1) is 5.60 Å². The van der Waals surface area contributed by atoms with Crippen LogP contribution in [0.5, 0.6) is 17.2 Å². The third kappa shape index (κ3) is 6.49. The molecule has 1 saturated heterocycles. The number of aliphatic hydroxyl groups excluding tert-OH is 1. The average Bonchev–Trinajstić information content (AvgIpc) is 2.94. The molecule has 2 heterocycles. The number of fused-ring (bicyclic) bond motifs is 1. The van der Waals surface area contributed by atoms with E-state index in [4.69, 9.17) is 29.1 Å². The monoisotopic (exact) mass is 611 g/mol. The lowest BCUT2D eigenvalue weighted by atomic mass is 9.89. The lowest BCUT2D eigenvalue weighted by Crippen LogP contribution is -2.65. The second kappa shape index (κ2) is 12.6. The fourth-order valence-corrected chi connectivity index (χ4v) is 5.05. The number of carbonyl (C=O) groups excluding carboxylic acids is 2. The van der Waals surface area contributed by atoms with E-state index < -0.39 is 59.3 Å². The first-order valence-corrected chi connectivity index (χ1v) is 13.7. The molecule has 1 aliphatic rings. The number of benzene rings is 2. The summed E-state index contributed by atoms with van der Waals surface area (Å²) in [6.45, 7) is 8.63. The van der Waals surface area contributed by atoms with Crippen LogP contribution in [0.2, 0.25) is 0 Å². The highest BCUT2D eigenvalue weighted by Crippen LogP contribution is 2.38. The van der Waals surface area contributed by atoms with Crippen LogP contribution in [0, 0.1) is 6.92 Å². The number of aliphatic hydroxyl groups is 1. The van der Waals surface area contributed by atoms with Gasteiger partial charge in [-0.25, -0.2) is 9.59 Å². The summed E-state index contributed by atoms with van der Waals surface area (Å²) in [5.74, 6) is -1.42. The molecule has 0 radical (unpaired) electrons. The molecule has 3 aromatic rings. The summed E-state index contributed by atoms with van der Waals surface area (Å²) >= 11 is 0. The molecule has 13 nitrogen and oxygen atoms in total. The Kier molecular flexibility index (Phi) is 9.23. The van der Waals surface area contributed by atoms with Gasteiger partial charge in [-0.3, -0.25) is 4.79 Å². The molecule has 2 aromatic carbocycles. The van der Waals surface area contributed by atoms with Gasteiger partial charge >= 0.3 is 11.7 Å². The smallest absolute Gasteiger partial charge is 0.404 e. The van der Waals surface area contributed by atoms with Gasteiger partial charge in [-0.1, -0.05) is 17.4 Å². The van der Waals surface area contributed by atoms with Crippen molar-refractivity contribution in [2.45, 2.75) is 71.2 Å². The topological polar surface area (TPSA) is 203 Å². The number of phenolic OH excluding ortho intramolecular Hbond substituents is 1. The van der Waals surface area contributed by atoms with Crippen LogP contribution in [0.1, 0.15) is 49.2 Å². The zero-order valence-corrected chi connectivity index (χ0v) is 25.1. The van der Waals surface area contributed by atoms with E-state index in [0.29, 0.717) is 12.0 Å². The van der Waals surface area contributed by atoms with Gasteiger partial charge in [0, 0.05) is 23.6 Å². The lowest BCUT2D eigenvalue weighted by molar-refractivity contribution is -0.304. The maximum atomic E-state index is 13.3. The molecule has 236 valence electrons. The van der Waals surface area contributed by atoms with Gasteiger partial charge in [-0.05, 0) is 76.9 Å². The highest BCUT2D eigenvalue weighted by molar-refractivity contribution is 6.06. The number of methoxy groups -OCH3 is 1. The molecule has 2 amide bonds. The van der Waals surface area contributed by atoms with E-state index in [1.54, 1.807) is 13.8 Å². The number of hydrogen-bond acceptors (Lipinski definition) is 11. The Morgan fingerprint density at radius 2 is 1.91 bits per heavy atom. The quantitative estimate of drug-likeness (QED) is 0.215. The zero-order valence-electron chi connectivity index (χ0n) is 25.1. The van der Waals surface area contributed by atoms with Crippen LogP contribution in [0.25, 0.3) is 11.0 Å². The second-order valence-electron chi connectivity index (χ2n) is 11.2. The van der Waals surface area contributed by atoms with E-state index >= 15 is 0 Å². The minimum absolute atomic E-state index is 0.00594. The van der Waals surface area contributed by atoms with Crippen molar-refractivity contribution in [1.82, 2.24) is 0 Å². The SMILES string of the molecule is CO[C@@H]1[C@H](OC(N)=O)[C@@H](O)[C@H](Oc2ccc3c([O-])c(NC(=O)c4ccc(O)c(CC=C(C)C)c4)c(=O)oc3c2C)OC1(C)C. The van der Waals surface area contributed by atoms with Crippen LogP contribution < -0.4 is 26.5 Å². The van der Waals surface area contributed by atoms with Crippen molar-refractivity contribution in [1.29, 1.82) is 0 Å². The first kappa shape index (κ1) is 32.3. The molecular formula is C31H35N2O11-. The highest BCUT2D eigenvalue weighted by atomic mass is 16.7. The number of aromatic hydroxyl groups is 1. The third-order valence-corrected chi connectivity index (χ3v) is 7.31. The van der Waals surface area contributed by atoms with Gasteiger partial charge < -0.3 is 49.7 Å². The average molecular weight is 612 g/mol. The van der Waals surface area contributed by atoms with Crippen LogP contribution >= 0.6 is 0 Å². The van der Waals surface area contributed by atoms with Gasteiger partial charge in [0.2, 0.25) is 6.29 Å². The Morgan fingerprint density at radius 3 is 2.55 bits per heavy atom. The molecule has 0 saturated carbocycles. The zero-order chi connectivity index (χ0) is 32.5. The molecule has 0 bridgehead atoms. The fraction of sp³-hybridized carbons (Fsp3) is 0.387. The minimum atomic E-state index is -1.53. The molecule has 44 heavy (non-hydrogen) atoms. The number of aryl methyl sites for hydroxylation is 1. The maximum absolute atomic E-state index is 13.3. The number of nitrogens with two attached hydrogens (primary N) is 1. The first-order chi connectivity index (χ1) is 20.6. The van der Waals surface area contributed by atoms with Crippen molar-refractivity contribution >= 4 is 28.7 Å². The standard InChI is InChI=1S/C31H36N2O11/c1-14(2)7-8-16-13-17(9-11-19(16)34)27(37)33-21-22(35)18-10-12-20(15(3)24(18)42-28(21)38)41-29-23(36)25(43-30(32)39)26(40-6)31(4,5)44-29/h7,9-13,23,25-26,29,34-36H,8H2,1-6H3,(H2,32,39)(H,33,37)/p-1/t23-,25-,26-,29-/m1/s1. The second-order valence-corrected chi connectivity index (χ2v) is 11.2. The summed E-state index contributed by atoms with van der Waals surface area (Å²) in [4.78, 5) is 37.4. The van der Waals surface area contributed by atoms with Gasteiger partial charge in [-0.2, -0.15) is 0 Å². The fourth-order valence-electron chi connectivity index (χ4n) is 5.05. The van der Waals surface area contributed by atoms with E-state index in [1.165, 1.54) is 44.4 Å². The van der Waals surface area contributed by atoms with Crippen molar-refractivity contribution in [3.05, 3.63) is 69.1 Å². The van der Waals surface area contributed by atoms with E-state index in [-0.39, 0.29) is 33.6 Å². The van der Waals surface area contributed by atoms with E-state index in [9.17, 15) is 29.7 Å². The largest absolute Gasteiger partial charge is 0.870 e. The first-order valence-electron chi connectivity index (χ1n) is 13.7. The molecule has 4 rings (SSSR count). The molecule has 0 aliphatic carbocycles. The number of amides is 2. The molecule has 1 fully saturated rings. The van der Waals surface area contributed by atoms with Gasteiger partial charge in [-0.15, -0.1) is 0 Å². The van der Waals surface area contributed by atoms with Crippen LogP contribution in [0.4, 0.5) is 10.5 Å². The Balaban J connectivity index is 1.63. The van der Waals surface area contributed by atoms with Gasteiger partial charge in [0.1, 0.15) is 28.9 Å². The van der Waals surface area contributed by atoms with Crippen LogP contribution in [0.15, 0.2) is 51.2 Å². The Labute approximate surface area is 252 Å². The van der Waals surface area contributed by atoms with E-state index in [2.05, 4.69) is 5.32 Å². The van der Waals surface area contributed by atoms with Crippen LogP contribution in [0.3, 0.4) is 0 Å². The molecule has 4 atom stereocenters. The highest BCUT2D eigenvalue weighted by Gasteiger charge is 2.53. The number of hydrogen-bond donors (Lipinski definition) is 4. The molecule has 13 heteroatoms.